The van der Waals surface area contributed by atoms with Crippen molar-refractivity contribution in [3.8, 4) is 0 Å². The van der Waals surface area contributed by atoms with E-state index in [2.05, 4.69) is 4.98 Å². The lowest BCUT2D eigenvalue weighted by atomic mass is 9.75. The van der Waals surface area contributed by atoms with Crippen LogP contribution in [0.4, 0.5) is 0 Å². The van der Waals surface area contributed by atoms with Gasteiger partial charge in [0.15, 0.2) is 0 Å². The quantitative estimate of drug-likeness (QED) is 0.838. The lowest BCUT2D eigenvalue weighted by Gasteiger charge is -2.29. The third-order valence-electron chi connectivity index (χ3n) is 3.86. The van der Waals surface area contributed by atoms with E-state index in [-0.39, 0.29) is 5.41 Å². The van der Waals surface area contributed by atoms with Crippen LogP contribution < -0.4 is 5.73 Å². The number of nitrogens with two attached hydrogens (primary N) is 1. The molecule has 0 radical (unpaired) electrons. The van der Waals surface area contributed by atoms with E-state index in [1.165, 1.54) is 12.8 Å². The summed E-state index contributed by atoms with van der Waals surface area (Å²) in [6.07, 6.45) is 9.04. The summed E-state index contributed by atoms with van der Waals surface area (Å²) in [4.78, 5) is 17.6. The van der Waals surface area contributed by atoms with Gasteiger partial charge in [-0.1, -0.05) is 25.7 Å². The third-order valence-corrected chi connectivity index (χ3v) is 4.64. The topological polar surface area (TPSA) is 56.0 Å². The van der Waals surface area contributed by atoms with E-state index in [1.54, 1.807) is 23.0 Å². The zero-order chi connectivity index (χ0) is 12.1. The average molecular weight is 252 g/mol. The number of thiazole rings is 1. The summed E-state index contributed by atoms with van der Waals surface area (Å²) in [6.45, 7) is 0.505. The van der Waals surface area contributed by atoms with Crippen molar-refractivity contribution >= 4 is 17.1 Å². The van der Waals surface area contributed by atoms with E-state index in [0.29, 0.717) is 18.7 Å². The van der Waals surface area contributed by atoms with Gasteiger partial charge < -0.3 is 5.73 Å². The zero-order valence-corrected chi connectivity index (χ0v) is 11.0. The largest absolute Gasteiger partial charge is 0.329 e. The fourth-order valence-corrected chi connectivity index (χ4v) is 3.27. The van der Waals surface area contributed by atoms with Crippen LogP contribution >= 0.6 is 11.3 Å². The molecule has 1 saturated carbocycles. The Morgan fingerprint density at radius 3 is 2.59 bits per heavy atom. The van der Waals surface area contributed by atoms with E-state index < -0.39 is 0 Å². The molecule has 0 saturated heterocycles. The van der Waals surface area contributed by atoms with Crippen LogP contribution in [0.3, 0.4) is 0 Å². The molecule has 17 heavy (non-hydrogen) atoms. The predicted octanol–water partition coefficient (Wildman–Crippen LogP) is 2.55. The van der Waals surface area contributed by atoms with E-state index in [9.17, 15) is 4.79 Å². The summed E-state index contributed by atoms with van der Waals surface area (Å²) in [5.41, 5.74) is 7.44. The summed E-state index contributed by atoms with van der Waals surface area (Å²) >= 11 is 1.56. The van der Waals surface area contributed by atoms with Crippen molar-refractivity contribution < 1.29 is 4.79 Å². The van der Waals surface area contributed by atoms with Crippen LogP contribution in [-0.2, 0) is 11.2 Å². The molecule has 0 bridgehead atoms. The molecule has 2 N–H and O–H groups in total. The second-order valence-electron chi connectivity index (χ2n) is 4.97. The summed E-state index contributed by atoms with van der Waals surface area (Å²) in [5, 5.41) is 0. The van der Waals surface area contributed by atoms with Crippen molar-refractivity contribution in [3.05, 3.63) is 16.6 Å². The predicted molar refractivity (Wildman–Crippen MR) is 70.0 cm³/mol. The highest BCUT2D eigenvalue weighted by molar-refractivity contribution is 7.09. The van der Waals surface area contributed by atoms with Gasteiger partial charge >= 0.3 is 0 Å². The molecule has 1 aromatic rings. The van der Waals surface area contributed by atoms with Crippen molar-refractivity contribution in [3.63, 3.8) is 0 Å². The number of nitrogens with zero attached hydrogens (tertiary/aromatic N) is 1. The fraction of sp³-hybridized carbons (Fsp3) is 0.692. The van der Waals surface area contributed by atoms with Crippen LogP contribution in [0.25, 0.3) is 0 Å². The Bertz CT molecular complexity index is 354. The molecule has 1 aliphatic rings. The van der Waals surface area contributed by atoms with Gasteiger partial charge in [-0.3, -0.25) is 9.78 Å². The smallest absolute Gasteiger partial charge is 0.145 e. The Hall–Kier alpha value is -0.740. The maximum absolute atomic E-state index is 12.5. The first-order valence-corrected chi connectivity index (χ1v) is 7.25. The third kappa shape index (κ3) is 2.93. The van der Waals surface area contributed by atoms with E-state index in [0.717, 1.165) is 30.6 Å². The van der Waals surface area contributed by atoms with Crippen molar-refractivity contribution in [2.45, 2.75) is 44.9 Å². The van der Waals surface area contributed by atoms with Crippen LogP contribution in [0.1, 0.15) is 43.4 Å². The van der Waals surface area contributed by atoms with Gasteiger partial charge in [-0.15, -0.1) is 11.3 Å². The van der Waals surface area contributed by atoms with Gasteiger partial charge in [0.2, 0.25) is 0 Å². The Labute approximate surface area is 106 Å². The van der Waals surface area contributed by atoms with Crippen molar-refractivity contribution in [2.24, 2.45) is 11.1 Å². The molecule has 0 aliphatic heterocycles. The maximum Gasteiger partial charge on any atom is 0.145 e. The summed E-state index contributed by atoms with van der Waals surface area (Å²) in [5.74, 6) is 0.325. The van der Waals surface area contributed by atoms with Crippen molar-refractivity contribution in [1.82, 2.24) is 4.98 Å². The highest BCUT2D eigenvalue weighted by Crippen LogP contribution is 2.36. The Kier molecular flexibility index (Phi) is 4.29. The Morgan fingerprint density at radius 2 is 2.06 bits per heavy atom. The Morgan fingerprint density at radius 1 is 1.35 bits per heavy atom. The lowest BCUT2D eigenvalue weighted by molar-refractivity contribution is -0.128. The summed E-state index contributed by atoms with van der Waals surface area (Å²) in [7, 11) is 0. The number of carbonyl (C=O) groups excluding carboxylic acids is 1. The molecule has 2 rings (SSSR count). The number of rotatable bonds is 4. The summed E-state index contributed by atoms with van der Waals surface area (Å²) < 4.78 is 0. The summed E-state index contributed by atoms with van der Waals surface area (Å²) in [6, 6.07) is 0. The van der Waals surface area contributed by atoms with Gasteiger partial charge in [0.25, 0.3) is 0 Å². The molecule has 3 nitrogen and oxygen atoms in total. The number of carbonyl (C=O) groups is 1. The van der Waals surface area contributed by atoms with Crippen molar-refractivity contribution in [1.29, 1.82) is 0 Å². The molecular weight excluding hydrogens is 232 g/mol. The minimum atomic E-state index is -0.250. The molecule has 4 heteroatoms. The first kappa shape index (κ1) is 12.7. The van der Waals surface area contributed by atoms with Gasteiger partial charge in [0, 0.05) is 29.5 Å². The lowest BCUT2D eigenvalue weighted by Crippen LogP contribution is -2.39. The Balaban J connectivity index is 2.07. The fourth-order valence-electron chi connectivity index (χ4n) is 2.68. The maximum atomic E-state index is 12.5. The van der Waals surface area contributed by atoms with Gasteiger partial charge in [-0.05, 0) is 12.8 Å². The molecule has 0 atom stereocenters. The molecule has 1 aromatic heterocycles. The van der Waals surface area contributed by atoms with Crippen LogP contribution in [0.15, 0.2) is 11.7 Å². The van der Waals surface area contributed by atoms with E-state index >= 15 is 0 Å². The highest BCUT2D eigenvalue weighted by atomic mass is 32.1. The van der Waals surface area contributed by atoms with Gasteiger partial charge in [-0.25, -0.2) is 0 Å². The number of hydrogen-bond acceptors (Lipinski definition) is 4. The van der Waals surface area contributed by atoms with Crippen LogP contribution in [0, 0.1) is 5.41 Å². The molecule has 0 spiro atoms. The molecule has 0 unspecified atom stereocenters. The van der Waals surface area contributed by atoms with Gasteiger partial charge in [0.1, 0.15) is 5.78 Å². The second-order valence-corrected chi connectivity index (χ2v) is 5.94. The minimum absolute atomic E-state index is 0.250. The monoisotopic (exact) mass is 252 g/mol. The first-order chi connectivity index (χ1) is 8.27. The number of aromatic nitrogens is 1. The number of Topliss-reactive ketones (excluding diaryl/α,β-unsaturated/α-hetero) is 1. The van der Waals surface area contributed by atoms with E-state index in [1.807, 2.05) is 0 Å². The van der Waals surface area contributed by atoms with Crippen LogP contribution in [0.5, 0.6) is 0 Å². The highest BCUT2D eigenvalue weighted by Gasteiger charge is 2.36. The molecular formula is C13H20N2OS. The molecule has 0 amide bonds. The van der Waals surface area contributed by atoms with Gasteiger partial charge in [0.05, 0.1) is 5.51 Å². The average Bonchev–Trinajstić information content (AvgIpc) is 2.72. The van der Waals surface area contributed by atoms with Gasteiger partial charge in [-0.2, -0.15) is 0 Å². The van der Waals surface area contributed by atoms with Crippen LogP contribution in [-0.4, -0.2) is 17.3 Å². The first-order valence-electron chi connectivity index (χ1n) is 6.38. The number of ketones is 1. The molecule has 0 aromatic carbocycles. The van der Waals surface area contributed by atoms with Crippen LogP contribution in [0.2, 0.25) is 0 Å². The minimum Gasteiger partial charge on any atom is -0.329 e. The zero-order valence-electron chi connectivity index (χ0n) is 10.2. The normalized spacial score (nSPS) is 19.8. The van der Waals surface area contributed by atoms with Crippen molar-refractivity contribution in [2.75, 3.05) is 6.54 Å². The SMILES string of the molecule is NCC1(C(=O)Cc2cncs2)CCCCCC1. The second kappa shape index (κ2) is 5.74. The molecule has 1 aliphatic carbocycles. The van der Waals surface area contributed by atoms with E-state index in [4.69, 9.17) is 5.73 Å². The molecule has 1 heterocycles. The molecule has 94 valence electrons. The standard InChI is InChI=1S/C13H20N2OS/c14-9-13(5-3-1-2-4-6-13)12(16)7-11-8-15-10-17-11/h8,10H,1-7,9,14H2. The number of hydrogen-bond donors (Lipinski definition) is 1. The molecule has 1 fully saturated rings.